The number of amides is 2. The van der Waals surface area contributed by atoms with Crippen molar-refractivity contribution in [2.45, 2.75) is 76.2 Å². The highest BCUT2D eigenvalue weighted by Gasteiger charge is 2.48. The second kappa shape index (κ2) is 17.2. The van der Waals surface area contributed by atoms with E-state index in [-0.39, 0.29) is 11.8 Å². The largest absolute Gasteiger partial charge is 0.503 e. The molecule has 0 bridgehead atoms. The highest BCUT2D eigenvalue weighted by Crippen LogP contribution is 2.44. The molecule has 3 aromatic carbocycles. The van der Waals surface area contributed by atoms with Crippen LogP contribution in [0.5, 0.6) is 0 Å². The summed E-state index contributed by atoms with van der Waals surface area (Å²) in [7, 11) is 0. The number of carbonyl (C=O) groups is 3. The first-order valence-electron chi connectivity index (χ1n) is 15.8. The van der Waals surface area contributed by atoms with E-state index < -0.39 is 30.4 Å². The van der Waals surface area contributed by atoms with Gasteiger partial charge in [-0.15, -0.1) is 0 Å². The van der Waals surface area contributed by atoms with Crippen LogP contribution in [0.15, 0.2) is 72.8 Å². The molecule has 2 fully saturated rings. The van der Waals surface area contributed by atoms with Gasteiger partial charge in [0.05, 0.1) is 17.7 Å². The van der Waals surface area contributed by atoms with E-state index in [0.717, 1.165) is 36.0 Å². The highest BCUT2D eigenvalue weighted by molar-refractivity contribution is 6.30. The third kappa shape index (κ3) is 9.71. The zero-order chi connectivity index (χ0) is 33.9. The summed E-state index contributed by atoms with van der Waals surface area (Å²) in [5, 5.41) is 27.6. The first kappa shape index (κ1) is 35.7. The van der Waals surface area contributed by atoms with Crippen molar-refractivity contribution < 1.29 is 29.3 Å². The lowest BCUT2D eigenvalue weighted by Gasteiger charge is -2.48. The van der Waals surface area contributed by atoms with Crippen LogP contribution < -0.4 is 5.32 Å². The lowest BCUT2D eigenvalue weighted by molar-refractivity contribution is -0.181. The predicted molar refractivity (Wildman–Crippen MR) is 179 cm³/mol. The number of hydrogen-bond acceptors (Lipinski definition) is 5. The molecule has 1 aliphatic carbocycles. The van der Waals surface area contributed by atoms with Crippen LogP contribution in [0.25, 0.3) is 0 Å². The summed E-state index contributed by atoms with van der Waals surface area (Å²) in [6.45, 7) is 2.66. The molecule has 4 atom stereocenters. The molecule has 11 heteroatoms. The number of carbonyl (C=O) groups excluding carboxylic acids is 2. The maximum Gasteiger partial charge on any atom is 0.503 e. The number of rotatable bonds is 10. The molecule has 2 aliphatic rings. The summed E-state index contributed by atoms with van der Waals surface area (Å²) >= 11 is 12.5. The number of ether oxygens (including phenoxy) is 1. The van der Waals surface area contributed by atoms with Crippen LogP contribution >= 0.6 is 23.2 Å². The number of nitriles is 1. The zero-order valence-electron chi connectivity index (χ0n) is 26.1. The quantitative estimate of drug-likeness (QED) is 0.198. The Kier molecular flexibility index (Phi) is 13.1. The Balaban J connectivity index is 0.00000118. The molecule has 1 aliphatic heterocycles. The molecular formula is C36H39Cl2N3O6. The van der Waals surface area contributed by atoms with Gasteiger partial charge in [0.25, 0.3) is 5.91 Å². The van der Waals surface area contributed by atoms with Crippen molar-refractivity contribution in [3.05, 3.63) is 105 Å². The molecule has 3 N–H and O–H groups in total. The van der Waals surface area contributed by atoms with Crippen LogP contribution in [0.3, 0.4) is 0 Å². The molecule has 5 rings (SSSR count). The molecule has 3 aromatic rings. The molecule has 1 heterocycles. The van der Waals surface area contributed by atoms with Crippen LogP contribution in [0, 0.1) is 17.2 Å². The van der Waals surface area contributed by atoms with Gasteiger partial charge < -0.3 is 25.2 Å². The minimum Gasteiger partial charge on any atom is -0.450 e. The molecule has 1 saturated heterocycles. The normalized spacial score (nSPS) is 20.1. The van der Waals surface area contributed by atoms with E-state index in [0.29, 0.717) is 40.9 Å². The number of nitrogens with zero attached hydrogens (tertiary/aromatic N) is 2. The van der Waals surface area contributed by atoms with E-state index in [1.807, 2.05) is 55.5 Å². The molecule has 0 unspecified atom stereocenters. The van der Waals surface area contributed by atoms with Crippen molar-refractivity contribution >= 4 is 41.2 Å². The van der Waals surface area contributed by atoms with Gasteiger partial charge in [0.1, 0.15) is 18.2 Å². The van der Waals surface area contributed by atoms with Crippen molar-refractivity contribution in [3.8, 4) is 6.07 Å². The number of carboxylic acid groups (broad SMARTS) is 2. The van der Waals surface area contributed by atoms with Gasteiger partial charge in [-0.3, -0.25) is 9.59 Å². The van der Waals surface area contributed by atoms with E-state index >= 15 is 0 Å². The maximum atomic E-state index is 14.5. The average molecular weight is 681 g/mol. The number of nitrogens with one attached hydrogen (secondary N) is 1. The smallest absolute Gasteiger partial charge is 0.450 e. The summed E-state index contributed by atoms with van der Waals surface area (Å²) in [6.07, 6.45) is 2.94. The number of benzene rings is 3. The Morgan fingerprint density at radius 2 is 1.51 bits per heavy atom. The van der Waals surface area contributed by atoms with Crippen LogP contribution in [-0.4, -0.2) is 51.8 Å². The summed E-state index contributed by atoms with van der Waals surface area (Å²) in [5.41, 5.74) is 3.10. The van der Waals surface area contributed by atoms with Gasteiger partial charge in [-0.2, -0.15) is 5.26 Å². The van der Waals surface area contributed by atoms with E-state index in [4.69, 9.17) is 42.9 Å². The second-order valence-electron chi connectivity index (χ2n) is 11.8. The van der Waals surface area contributed by atoms with Crippen molar-refractivity contribution in [2.24, 2.45) is 5.92 Å². The summed E-state index contributed by atoms with van der Waals surface area (Å²) in [6, 6.07) is 22.9. The van der Waals surface area contributed by atoms with Gasteiger partial charge in [-0.1, -0.05) is 85.8 Å². The van der Waals surface area contributed by atoms with Gasteiger partial charge in [0.15, 0.2) is 0 Å². The fourth-order valence-electron chi connectivity index (χ4n) is 6.33. The van der Waals surface area contributed by atoms with Gasteiger partial charge in [0, 0.05) is 23.0 Å². The Morgan fingerprint density at radius 3 is 2.04 bits per heavy atom. The molecule has 0 spiro atoms. The standard InChI is InChI=1S/C35H37Cl2N3O3.CH2O3/c1-2-5-30(34(41)39-22-25-6-3-4-7-25)40-32(26-12-16-28(36)17-13-26)33(27-14-18-29(37)19-15-27)43-31(35(40)42)20-23-8-10-24(21-38)11-9-23;2-1(3)4/h8-19,25,30-33H,2-7,20,22H2,1H3,(H,39,41);(H2,2,3,4)/t30-,31+,32-,33+;/m0./s1. The summed E-state index contributed by atoms with van der Waals surface area (Å²) in [5.74, 6) is 0.114. The molecule has 1 saturated carbocycles. The molecule has 9 nitrogen and oxygen atoms in total. The fraction of sp³-hybridized carbons (Fsp3) is 0.389. The van der Waals surface area contributed by atoms with E-state index in [9.17, 15) is 14.9 Å². The van der Waals surface area contributed by atoms with Gasteiger partial charge in [0.2, 0.25) is 5.91 Å². The molecular weight excluding hydrogens is 641 g/mol. The van der Waals surface area contributed by atoms with E-state index in [1.165, 1.54) is 12.8 Å². The maximum absolute atomic E-state index is 14.5. The molecule has 0 aromatic heterocycles. The van der Waals surface area contributed by atoms with Gasteiger partial charge in [-0.25, -0.2) is 4.79 Å². The first-order valence-corrected chi connectivity index (χ1v) is 16.5. The van der Waals surface area contributed by atoms with Crippen molar-refractivity contribution in [2.75, 3.05) is 6.54 Å². The number of halogens is 2. The third-order valence-corrected chi connectivity index (χ3v) is 9.09. The predicted octanol–water partition coefficient (Wildman–Crippen LogP) is 7.82. The minimum atomic E-state index is -1.83. The second-order valence-corrected chi connectivity index (χ2v) is 12.7. The monoisotopic (exact) mass is 679 g/mol. The summed E-state index contributed by atoms with van der Waals surface area (Å²) < 4.78 is 6.70. The number of morpholine rings is 1. The van der Waals surface area contributed by atoms with Crippen molar-refractivity contribution in [1.29, 1.82) is 5.26 Å². The van der Waals surface area contributed by atoms with Gasteiger partial charge >= 0.3 is 6.16 Å². The molecule has 47 heavy (non-hydrogen) atoms. The molecule has 2 amide bonds. The van der Waals surface area contributed by atoms with Crippen LogP contribution in [0.4, 0.5) is 4.79 Å². The lowest BCUT2D eigenvalue weighted by Crippen LogP contribution is -2.59. The topological polar surface area (TPSA) is 140 Å². The van der Waals surface area contributed by atoms with Crippen LogP contribution in [-0.2, 0) is 20.7 Å². The Hall–Kier alpha value is -4.10. The third-order valence-electron chi connectivity index (χ3n) is 8.58. The lowest BCUT2D eigenvalue weighted by atomic mass is 9.88. The number of hydrogen-bond donors (Lipinski definition) is 3. The Bertz CT molecular complexity index is 1530. The van der Waals surface area contributed by atoms with Crippen LogP contribution in [0.1, 0.15) is 79.8 Å². The van der Waals surface area contributed by atoms with Crippen LogP contribution in [0.2, 0.25) is 10.0 Å². The average Bonchev–Trinajstić information content (AvgIpc) is 3.58. The van der Waals surface area contributed by atoms with Crippen molar-refractivity contribution in [3.63, 3.8) is 0 Å². The fourth-order valence-corrected chi connectivity index (χ4v) is 6.58. The Labute approximate surface area is 285 Å². The Morgan fingerprint density at radius 1 is 0.957 bits per heavy atom. The van der Waals surface area contributed by atoms with E-state index in [1.54, 1.807) is 29.2 Å². The molecule has 0 radical (unpaired) electrons. The zero-order valence-corrected chi connectivity index (χ0v) is 27.7. The molecule has 248 valence electrons. The first-order chi connectivity index (χ1) is 22.6. The van der Waals surface area contributed by atoms with E-state index in [2.05, 4.69) is 11.4 Å². The SMILES string of the molecule is CCC[C@@H](C(=O)NCC1CCCC1)N1C(=O)[C@@H](Cc2ccc(C#N)cc2)O[C@H](c2ccc(Cl)cc2)[C@@H]1c1ccc(Cl)cc1.O=C(O)O. The van der Waals surface area contributed by atoms with Gasteiger partial charge in [-0.05, 0) is 78.3 Å². The summed E-state index contributed by atoms with van der Waals surface area (Å²) in [4.78, 5) is 38.8. The minimum absolute atomic E-state index is 0.130. The highest BCUT2D eigenvalue weighted by atomic mass is 35.5. The van der Waals surface area contributed by atoms with Crippen molar-refractivity contribution in [1.82, 2.24) is 10.2 Å².